The van der Waals surface area contributed by atoms with E-state index < -0.39 is 23.9 Å². The monoisotopic (exact) mass is 550 g/mol. The molecule has 4 rings (SSSR count). The zero-order chi connectivity index (χ0) is 28.3. The van der Waals surface area contributed by atoms with Gasteiger partial charge in [-0.2, -0.15) is 0 Å². The summed E-state index contributed by atoms with van der Waals surface area (Å²) < 4.78 is 22.9. The van der Waals surface area contributed by atoms with Gasteiger partial charge in [-0.05, 0) is 55.3 Å². The highest BCUT2D eigenvalue weighted by atomic mass is 32.1. The zero-order valence-corrected chi connectivity index (χ0v) is 22.8. The molecule has 0 saturated heterocycles. The van der Waals surface area contributed by atoms with Crippen molar-refractivity contribution in [2.24, 2.45) is 4.99 Å². The highest BCUT2D eigenvalue weighted by Crippen LogP contribution is 2.36. The number of esters is 3. The zero-order valence-electron chi connectivity index (χ0n) is 22.0. The minimum Gasteiger partial charge on any atom is -0.493 e. The molecular formula is C28H26N2O8S. The van der Waals surface area contributed by atoms with Crippen LogP contribution in [-0.2, 0) is 19.1 Å². The van der Waals surface area contributed by atoms with Crippen LogP contribution in [0.4, 0.5) is 0 Å². The van der Waals surface area contributed by atoms with E-state index in [-0.39, 0.29) is 29.2 Å². The van der Waals surface area contributed by atoms with Gasteiger partial charge in [0, 0.05) is 13.8 Å². The van der Waals surface area contributed by atoms with Gasteiger partial charge in [-0.15, -0.1) is 0 Å². The average Bonchev–Trinajstić information content (AvgIpc) is 3.17. The first-order chi connectivity index (χ1) is 18.6. The minimum atomic E-state index is -0.880. The van der Waals surface area contributed by atoms with Crippen molar-refractivity contribution in [3.63, 3.8) is 0 Å². The van der Waals surface area contributed by atoms with Gasteiger partial charge in [0.05, 0.1) is 35.6 Å². The van der Waals surface area contributed by atoms with E-state index in [1.165, 1.54) is 25.5 Å². The summed E-state index contributed by atoms with van der Waals surface area (Å²) in [5, 5.41) is 0. The van der Waals surface area contributed by atoms with Crippen molar-refractivity contribution < 1.29 is 33.3 Å². The van der Waals surface area contributed by atoms with E-state index in [2.05, 4.69) is 4.99 Å². The Kier molecular flexibility index (Phi) is 8.10. The molecule has 2 heterocycles. The van der Waals surface area contributed by atoms with Gasteiger partial charge >= 0.3 is 17.9 Å². The van der Waals surface area contributed by atoms with E-state index in [1.54, 1.807) is 62.4 Å². The lowest BCUT2D eigenvalue weighted by molar-refractivity contribution is -0.139. The summed E-state index contributed by atoms with van der Waals surface area (Å²) >= 11 is 1.16. The number of rotatable bonds is 7. The fraction of sp³-hybridized carbons (Fsp3) is 0.250. The lowest BCUT2D eigenvalue weighted by Crippen LogP contribution is -2.40. The molecule has 1 aliphatic rings. The summed E-state index contributed by atoms with van der Waals surface area (Å²) in [5.74, 6) is -0.770. The quantitative estimate of drug-likeness (QED) is 0.325. The maximum atomic E-state index is 13.8. The van der Waals surface area contributed by atoms with Gasteiger partial charge in [0.15, 0.2) is 16.3 Å². The smallest absolute Gasteiger partial charge is 0.338 e. The second-order valence-electron chi connectivity index (χ2n) is 8.47. The molecule has 10 nitrogen and oxygen atoms in total. The molecule has 0 saturated carbocycles. The third-order valence-electron chi connectivity index (χ3n) is 5.69. The molecule has 0 radical (unpaired) electrons. The molecule has 1 aromatic heterocycles. The molecule has 3 aromatic rings. The summed E-state index contributed by atoms with van der Waals surface area (Å²) in [4.78, 5) is 54.7. The third kappa shape index (κ3) is 5.83. The van der Waals surface area contributed by atoms with Crippen LogP contribution in [0.1, 0.15) is 44.9 Å². The molecule has 2 aromatic carbocycles. The Morgan fingerprint density at radius 2 is 1.79 bits per heavy atom. The van der Waals surface area contributed by atoms with Crippen molar-refractivity contribution in [1.29, 1.82) is 0 Å². The molecule has 0 N–H and O–H groups in total. The second-order valence-corrected chi connectivity index (χ2v) is 9.48. The predicted octanol–water partition coefficient (Wildman–Crippen LogP) is 2.66. The number of aromatic nitrogens is 1. The number of fused-ring (bicyclic) bond motifs is 1. The lowest BCUT2D eigenvalue weighted by atomic mass is 9.95. The lowest BCUT2D eigenvalue weighted by Gasteiger charge is -2.25. The number of hydrogen-bond acceptors (Lipinski definition) is 10. The summed E-state index contributed by atoms with van der Waals surface area (Å²) in [7, 11) is 1.43. The number of carbonyl (C=O) groups excluding carboxylic acids is 3. The largest absolute Gasteiger partial charge is 0.493 e. The first kappa shape index (κ1) is 27.5. The topological polar surface area (TPSA) is 122 Å². The number of allylic oxidation sites excluding steroid dienone is 1. The SMILES string of the molecule is CCOC(=O)C1=C(C)N=c2s/c(=C/c3cccc(OC(C)=O)c3)c(=O)n2[C@H]1c1ccc(OC(C)=O)c(OC)c1. The molecule has 0 spiro atoms. The van der Waals surface area contributed by atoms with Crippen molar-refractivity contribution in [1.82, 2.24) is 4.57 Å². The van der Waals surface area contributed by atoms with E-state index >= 15 is 0 Å². The van der Waals surface area contributed by atoms with Crippen molar-refractivity contribution in [3.8, 4) is 17.2 Å². The summed E-state index contributed by atoms with van der Waals surface area (Å²) in [6, 6.07) is 10.7. The molecule has 202 valence electrons. The summed E-state index contributed by atoms with van der Waals surface area (Å²) in [6.07, 6.45) is 1.67. The van der Waals surface area contributed by atoms with Gasteiger partial charge in [0.1, 0.15) is 5.75 Å². The third-order valence-corrected chi connectivity index (χ3v) is 6.67. The van der Waals surface area contributed by atoms with E-state index in [1.807, 2.05) is 0 Å². The van der Waals surface area contributed by atoms with Gasteiger partial charge < -0.3 is 18.9 Å². The number of thiazole rings is 1. The van der Waals surface area contributed by atoms with Gasteiger partial charge in [-0.1, -0.05) is 29.5 Å². The first-order valence-electron chi connectivity index (χ1n) is 12.0. The fourth-order valence-corrected chi connectivity index (χ4v) is 5.23. The highest BCUT2D eigenvalue weighted by Gasteiger charge is 2.34. The average molecular weight is 551 g/mol. The molecule has 39 heavy (non-hydrogen) atoms. The van der Waals surface area contributed by atoms with Crippen molar-refractivity contribution in [2.75, 3.05) is 13.7 Å². The van der Waals surface area contributed by atoms with Crippen LogP contribution in [0.3, 0.4) is 0 Å². The fourth-order valence-electron chi connectivity index (χ4n) is 4.19. The van der Waals surface area contributed by atoms with Crippen LogP contribution in [0.25, 0.3) is 6.08 Å². The first-order valence-corrected chi connectivity index (χ1v) is 12.8. The number of nitrogens with zero attached hydrogens (tertiary/aromatic N) is 2. The maximum Gasteiger partial charge on any atom is 0.338 e. The minimum absolute atomic E-state index is 0.139. The van der Waals surface area contributed by atoms with E-state index in [4.69, 9.17) is 18.9 Å². The molecule has 1 aliphatic heterocycles. The summed E-state index contributed by atoms with van der Waals surface area (Å²) in [5.41, 5.74) is 1.41. The van der Waals surface area contributed by atoms with Crippen LogP contribution >= 0.6 is 11.3 Å². The number of methoxy groups -OCH3 is 1. The number of benzene rings is 2. The molecular weight excluding hydrogens is 524 g/mol. The Bertz CT molecular complexity index is 1680. The Morgan fingerprint density at radius 3 is 2.46 bits per heavy atom. The number of carbonyl (C=O) groups is 3. The van der Waals surface area contributed by atoms with Crippen LogP contribution in [0, 0.1) is 0 Å². The maximum absolute atomic E-state index is 13.8. The molecule has 0 fully saturated rings. The standard InChI is InChI=1S/C28H26N2O8S/c1-6-36-27(34)24-15(2)29-28-30(25(24)19-10-11-21(38-17(4)32)22(14-19)35-5)26(33)23(39-28)13-18-8-7-9-20(12-18)37-16(3)31/h7-14,25H,6H2,1-5H3/b23-13+/t25-/m0/s1. The highest BCUT2D eigenvalue weighted by molar-refractivity contribution is 7.07. The van der Waals surface area contributed by atoms with Crippen LogP contribution in [-0.4, -0.2) is 36.2 Å². The van der Waals surface area contributed by atoms with Gasteiger partial charge in [0.25, 0.3) is 5.56 Å². The number of ether oxygens (including phenoxy) is 4. The van der Waals surface area contributed by atoms with Gasteiger partial charge in [-0.25, -0.2) is 9.79 Å². The predicted molar refractivity (Wildman–Crippen MR) is 142 cm³/mol. The molecule has 11 heteroatoms. The molecule has 1 atom stereocenters. The van der Waals surface area contributed by atoms with Gasteiger partial charge in [-0.3, -0.25) is 19.0 Å². The Morgan fingerprint density at radius 1 is 1.05 bits per heavy atom. The molecule has 0 bridgehead atoms. The van der Waals surface area contributed by atoms with Crippen molar-refractivity contribution in [3.05, 3.63) is 84.5 Å². The van der Waals surface area contributed by atoms with Crippen LogP contribution < -0.4 is 29.1 Å². The Labute approximate surface area is 227 Å². The van der Waals surface area contributed by atoms with E-state index in [9.17, 15) is 19.2 Å². The molecule has 0 aliphatic carbocycles. The van der Waals surface area contributed by atoms with Crippen LogP contribution in [0.15, 0.2) is 63.5 Å². The van der Waals surface area contributed by atoms with Crippen LogP contribution in [0.5, 0.6) is 17.2 Å². The summed E-state index contributed by atoms with van der Waals surface area (Å²) in [6.45, 7) is 6.10. The van der Waals surface area contributed by atoms with Crippen molar-refractivity contribution >= 4 is 35.3 Å². The molecule has 0 unspecified atom stereocenters. The van der Waals surface area contributed by atoms with E-state index in [0.717, 1.165) is 11.3 Å². The Balaban J connectivity index is 1.92. The number of hydrogen-bond donors (Lipinski definition) is 0. The van der Waals surface area contributed by atoms with Gasteiger partial charge in [0.2, 0.25) is 0 Å². The normalized spacial score (nSPS) is 14.8. The van der Waals surface area contributed by atoms with Crippen LogP contribution in [0.2, 0.25) is 0 Å². The second kappa shape index (κ2) is 11.5. The van der Waals surface area contributed by atoms with E-state index in [0.29, 0.717) is 31.9 Å². The molecule has 0 amide bonds. The Hall–Kier alpha value is -4.51. The van der Waals surface area contributed by atoms with Crippen molar-refractivity contribution in [2.45, 2.75) is 33.7 Å².